The summed E-state index contributed by atoms with van der Waals surface area (Å²) in [5.74, 6) is 0.505. The summed E-state index contributed by atoms with van der Waals surface area (Å²) in [6, 6.07) is 7.41. The topological polar surface area (TPSA) is 26.0 Å². The lowest BCUT2D eigenvalue weighted by Crippen LogP contribution is -1.76. The van der Waals surface area contributed by atoms with Gasteiger partial charge in [0, 0.05) is 5.56 Å². The molecule has 2 aromatic rings. The number of halogens is 1. The molecule has 0 atom stereocenters. The first-order valence-corrected chi connectivity index (χ1v) is 4.58. The predicted octanol–water partition coefficient (Wildman–Crippen LogP) is 3.67. The Morgan fingerprint density at radius 1 is 1.33 bits per heavy atom. The first-order valence-electron chi connectivity index (χ1n) is 4.58. The highest BCUT2D eigenvalue weighted by molar-refractivity contribution is 5.60. The van der Waals surface area contributed by atoms with Crippen molar-refractivity contribution >= 4 is 6.08 Å². The van der Waals surface area contributed by atoms with Gasteiger partial charge in [-0.3, -0.25) is 0 Å². The average molecular weight is 203 g/mol. The fourth-order valence-electron chi connectivity index (χ4n) is 1.33. The molecule has 0 spiro atoms. The van der Waals surface area contributed by atoms with Crippen LogP contribution in [-0.2, 0) is 0 Å². The molecule has 0 bridgehead atoms. The Morgan fingerprint density at radius 2 is 2.07 bits per heavy atom. The second-order valence-corrected chi connectivity index (χ2v) is 3.22. The van der Waals surface area contributed by atoms with Gasteiger partial charge in [0.1, 0.15) is 0 Å². The summed E-state index contributed by atoms with van der Waals surface area (Å²) < 4.78 is 17.7. The summed E-state index contributed by atoms with van der Waals surface area (Å²) in [7, 11) is 0. The zero-order chi connectivity index (χ0) is 10.7. The fraction of sp³-hybridized carbons (Fsp3) is 0.0833. The van der Waals surface area contributed by atoms with Gasteiger partial charge >= 0.3 is 0 Å². The van der Waals surface area contributed by atoms with Crippen LogP contribution in [0.25, 0.3) is 17.4 Å². The highest BCUT2D eigenvalue weighted by Crippen LogP contribution is 2.19. The first kappa shape index (κ1) is 9.65. The zero-order valence-corrected chi connectivity index (χ0v) is 8.27. The maximum absolute atomic E-state index is 12.6. The lowest BCUT2D eigenvalue weighted by atomic mass is 10.1. The van der Waals surface area contributed by atoms with Crippen molar-refractivity contribution in [2.24, 2.45) is 0 Å². The number of nitrogens with zero attached hydrogens (tertiary/aromatic N) is 1. The molecule has 1 aromatic heterocycles. The van der Waals surface area contributed by atoms with Gasteiger partial charge in [0.25, 0.3) is 0 Å². The van der Waals surface area contributed by atoms with Crippen LogP contribution >= 0.6 is 0 Å². The maximum Gasteiger partial charge on any atom is 0.181 e. The van der Waals surface area contributed by atoms with E-state index in [1.807, 2.05) is 24.3 Å². The summed E-state index contributed by atoms with van der Waals surface area (Å²) in [6.07, 6.45) is 4.50. The lowest BCUT2D eigenvalue weighted by Gasteiger charge is -1.97. The predicted molar refractivity (Wildman–Crippen MR) is 56.7 cm³/mol. The molecule has 2 nitrogen and oxygen atoms in total. The van der Waals surface area contributed by atoms with E-state index in [-0.39, 0.29) is 5.83 Å². The zero-order valence-electron chi connectivity index (χ0n) is 8.27. The van der Waals surface area contributed by atoms with Crippen molar-refractivity contribution in [2.75, 3.05) is 0 Å². The van der Waals surface area contributed by atoms with Crippen molar-refractivity contribution in [3.05, 3.63) is 48.2 Å². The van der Waals surface area contributed by atoms with Gasteiger partial charge in [-0.15, -0.1) is 0 Å². The highest BCUT2D eigenvalue weighted by Gasteiger charge is 2.00. The molecule has 0 unspecified atom stereocenters. The van der Waals surface area contributed by atoms with E-state index < -0.39 is 0 Å². The van der Waals surface area contributed by atoms with E-state index in [2.05, 4.69) is 4.98 Å². The van der Waals surface area contributed by atoms with E-state index in [4.69, 9.17) is 4.42 Å². The Kier molecular flexibility index (Phi) is 2.63. The number of benzene rings is 1. The standard InChI is InChI=1S/C12H10FNO/c1-9(13)6-10-2-4-11(5-3-10)12-7-14-8-15-12/h2-8H,1H3/b9-6+. The van der Waals surface area contributed by atoms with Gasteiger partial charge in [-0.05, 0) is 18.6 Å². The quantitative estimate of drug-likeness (QED) is 0.744. The van der Waals surface area contributed by atoms with Gasteiger partial charge in [0.15, 0.2) is 12.2 Å². The summed E-state index contributed by atoms with van der Waals surface area (Å²) >= 11 is 0. The largest absolute Gasteiger partial charge is 0.444 e. The number of oxazole rings is 1. The molecule has 0 amide bonds. The minimum Gasteiger partial charge on any atom is -0.444 e. The monoisotopic (exact) mass is 203 g/mol. The van der Waals surface area contributed by atoms with Gasteiger partial charge in [-0.2, -0.15) is 0 Å². The number of allylic oxidation sites excluding steroid dienone is 1. The Hall–Kier alpha value is -1.90. The molecule has 0 fully saturated rings. The molecule has 0 aliphatic rings. The molecule has 0 saturated carbocycles. The van der Waals surface area contributed by atoms with Crippen LogP contribution in [0.15, 0.2) is 47.1 Å². The van der Waals surface area contributed by atoms with E-state index >= 15 is 0 Å². The number of rotatable bonds is 2. The Labute approximate surface area is 87.1 Å². The summed E-state index contributed by atoms with van der Waals surface area (Å²) in [6.45, 7) is 1.42. The van der Waals surface area contributed by atoms with Gasteiger partial charge in [0.2, 0.25) is 0 Å². The van der Waals surface area contributed by atoms with Crippen molar-refractivity contribution < 1.29 is 8.81 Å². The van der Waals surface area contributed by atoms with Crippen LogP contribution in [0.3, 0.4) is 0 Å². The number of aromatic nitrogens is 1. The molecule has 15 heavy (non-hydrogen) atoms. The second-order valence-electron chi connectivity index (χ2n) is 3.22. The van der Waals surface area contributed by atoms with Gasteiger partial charge in [-0.25, -0.2) is 9.37 Å². The first-order chi connectivity index (χ1) is 7.25. The van der Waals surface area contributed by atoms with E-state index in [0.29, 0.717) is 5.76 Å². The molecule has 3 heteroatoms. The summed E-state index contributed by atoms with van der Waals surface area (Å²) in [5.41, 5.74) is 1.76. The van der Waals surface area contributed by atoms with Crippen LogP contribution < -0.4 is 0 Å². The molecule has 1 aromatic carbocycles. The molecule has 0 aliphatic heterocycles. The Balaban J connectivity index is 2.29. The van der Waals surface area contributed by atoms with E-state index in [0.717, 1.165) is 11.1 Å². The van der Waals surface area contributed by atoms with Crippen molar-refractivity contribution in [1.29, 1.82) is 0 Å². The summed E-state index contributed by atoms with van der Waals surface area (Å²) in [5, 5.41) is 0. The minimum atomic E-state index is -0.206. The third-order valence-electron chi connectivity index (χ3n) is 1.99. The molecular formula is C12H10FNO. The molecular weight excluding hydrogens is 193 g/mol. The van der Waals surface area contributed by atoms with E-state index in [1.165, 1.54) is 19.4 Å². The van der Waals surface area contributed by atoms with Gasteiger partial charge < -0.3 is 4.42 Å². The third-order valence-corrected chi connectivity index (χ3v) is 1.99. The molecule has 0 N–H and O–H groups in total. The third kappa shape index (κ3) is 2.31. The van der Waals surface area contributed by atoms with E-state index in [1.54, 1.807) is 6.20 Å². The van der Waals surface area contributed by atoms with Crippen molar-refractivity contribution in [3.63, 3.8) is 0 Å². The molecule has 0 radical (unpaired) electrons. The van der Waals surface area contributed by atoms with Gasteiger partial charge in [0.05, 0.1) is 12.0 Å². The summed E-state index contributed by atoms with van der Waals surface area (Å²) in [4.78, 5) is 3.83. The highest BCUT2D eigenvalue weighted by atomic mass is 19.1. The molecule has 0 aliphatic carbocycles. The van der Waals surface area contributed by atoms with Crippen molar-refractivity contribution in [1.82, 2.24) is 4.98 Å². The SMILES string of the molecule is C/C(F)=C\c1ccc(-c2cnco2)cc1. The van der Waals surface area contributed by atoms with Crippen LogP contribution in [0, 0.1) is 0 Å². The number of hydrogen-bond donors (Lipinski definition) is 0. The second kappa shape index (κ2) is 4.09. The minimum absolute atomic E-state index is 0.206. The van der Waals surface area contributed by atoms with Crippen LogP contribution in [0.5, 0.6) is 0 Å². The molecule has 1 heterocycles. The fourth-order valence-corrected chi connectivity index (χ4v) is 1.33. The van der Waals surface area contributed by atoms with Crippen molar-refractivity contribution in [2.45, 2.75) is 6.92 Å². The van der Waals surface area contributed by atoms with Crippen LogP contribution in [0.4, 0.5) is 4.39 Å². The molecule has 2 rings (SSSR count). The lowest BCUT2D eigenvalue weighted by molar-refractivity contribution is 0.572. The number of hydrogen-bond acceptors (Lipinski definition) is 2. The Bertz CT molecular complexity index is 453. The maximum atomic E-state index is 12.6. The Morgan fingerprint density at radius 3 is 2.60 bits per heavy atom. The van der Waals surface area contributed by atoms with Crippen LogP contribution in [0.2, 0.25) is 0 Å². The average Bonchev–Trinajstić information content (AvgIpc) is 2.71. The molecule has 0 saturated heterocycles. The normalized spacial score (nSPS) is 11.7. The van der Waals surface area contributed by atoms with Gasteiger partial charge in [-0.1, -0.05) is 24.3 Å². The smallest absolute Gasteiger partial charge is 0.181 e. The van der Waals surface area contributed by atoms with Crippen molar-refractivity contribution in [3.8, 4) is 11.3 Å². The molecule has 76 valence electrons. The van der Waals surface area contributed by atoms with Crippen LogP contribution in [-0.4, -0.2) is 4.98 Å². The van der Waals surface area contributed by atoms with E-state index in [9.17, 15) is 4.39 Å². The van der Waals surface area contributed by atoms with Crippen LogP contribution in [0.1, 0.15) is 12.5 Å².